The third-order valence-corrected chi connectivity index (χ3v) is 31.0. The van der Waals surface area contributed by atoms with Crippen LogP contribution in [-0.2, 0) is 9.52 Å². The van der Waals surface area contributed by atoms with Crippen molar-refractivity contribution in [2.75, 3.05) is 83.5 Å². The van der Waals surface area contributed by atoms with E-state index in [0.717, 1.165) is 162 Å². The highest BCUT2D eigenvalue weighted by Crippen LogP contribution is 2.51. The number of rotatable bonds is 17. The SMILES string of the molecule is C=S1(=O)CCN(C(=O)N2CCC(C(C)(C)[C@H](O)c3cc(Cl)cc4cn[nH]c34)CC2)CC1.CC(C)(C1CCN(C(=O)NCC2CCC2)CC1)[C@H](O)c1cc(Cl)cc2cn[nH]c12.CC(C)(C1CCN(C(=O)N[C@H]2CCC[C@@H]2O)CC1)[C@H](O)c1cc(Cl)cc2cn[nH]c12.C[C@H](NC(=O)N1CCC(C(C)(C)[C@H](O)c2cc(Cl)cc3cn[nH]c23)CC1)c1ccccn1. The molecule has 0 spiro atoms. The van der Waals surface area contributed by atoms with Crippen molar-refractivity contribution in [3.05, 3.63) is 146 Å². The van der Waals surface area contributed by atoms with Crippen molar-refractivity contribution in [1.29, 1.82) is 0 Å². The Labute approximate surface area is 735 Å². The highest BCUT2D eigenvalue weighted by molar-refractivity contribution is 8.00. The minimum atomic E-state index is -2.02. The molecule has 0 radical (unpaired) electrons. The first kappa shape index (κ1) is 91.7. The van der Waals surface area contributed by atoms with Gasteiger partial charge in [-0.25, -0.2) is 19.2 Å². The molecule has 32 heteroatoms. The largest absolute Gasteiger partial charge is 0.391 e. The van der Waals surface area contributed by atoms with E-state index in [9.17, 15) is 48.9 Å². The van der Waals surface area contributed by atoms with Gasteiger partial charge in [-0.1, -0.05) is 114 Å². The molecule has 5 saturated heterocycles. The first-order valence-corrected chi connectivity index (χ1v) is 46.9. The molecule has 7 atom stereocenters. The number of nitrogens with zero attached hydrogens (tertiary/aromatic N) is 10. The molecule has 0 unspecified atom stereocenters. The summed E-state index contributed by atoms with van der Waals surface area (Å²) in [6.45, 7) is 25.8. The number of carbonyl (C=O) groups is 4. The number of aromatic nitrogens is 9. The molecule has 7 fully saturated rings. The molecule has 7 aliphatic rings. The fourth-order valence-corrected chi connectivity index (χ4v) is 21.6. The molecule has 9 aromatic rings. The van der Waals surface area contributed by atoms with Crippen LogP contribution in [0.15, 0.2) is 97.7 Å². The van der Waals surface area contributed by atoms with Crippen molar-refractivity contribution in [2.24, 2.45) is 51.2 Å². The van der Waals surface area contributed by atoms with E-state index in [1.165, 1.54) is 19.3 Å². The molecule has 4 aromatic carbocycles. The Hall–Kier alpha value is -8.03. The van der Waals surface area contributed by atoms with Crippen molar-refractivity contribution in [3.63, 3.8) is 0 Å². The minimum absolute atomic E-state index is 0.0284. The van der Waals surface area contributed by atoms with E-state index in [4.69, 9.17) is 46.4 Å². The molecular weight excluding hydrogens is 1650 g/mol. The van der Waals surface area contributed by atoms with Gasteiger partial charge in [-0.3, -0.25) is 29.6 Å². The molecule has 10 heterocycles. The zero-order valence-corrected chi connectivity index (χ0v) is 75.5. The van der Waals surface area contributed by atoms with Gasteiger partial charge in [-0.2, -0.15) is 20.4 Å². The molecule has 5 aromatic heterocycles. The Kier molecular flexibility index (Phi) is 29.2. The van der Waals surface area contributed by atoms with Crippen molar-refractivity contribution in [1.82, 2.24) is 86.2 Å². The van der Waals surface area contributed by atoms with Gasteiger partial charge < -0.3 is 66.0 Å². The van der Waals surface area contributed by atoms with Crippen LogP contribution in [0.1, 0.15) is 211 Å². The molecule has 0 bridgehead atoms. The second kappa shape index (κ2) is 38.8. The first-order valence-electron chi connectivity index (χ1n) is 43.3. The molecule has 2 aliphatic carbocycles. The highest BCUT2D eigenvalue weighted by atomic mass is 35.5. The lowest BCUT2D eigenvalue weighted by atomic mass is 9.68. The standard InChI is InChI=1S/C24H30ClN5O2.C22H31ClN4O3S.C22H31ClN4O3.C22H31ClN4O2/c1-15(20-6-4-5-9-26-20)28-23(32)30-10-7-17(8-11-30)24(2,3)22(31)19-13-18(25)12-16-14-27-29-21(16)19;1-22(2,20(28)18-13-17(23)12-15-14-24-25-19(15)18)16-4-6-26(7-5-16)21(29)27-8-10-31(3,30)11-9-27;1-22(2,20(29)16-11-15(23)10-13-12-24-26-19(13)16)14-6-8-27(9-7-14)21(30)25-17-4-3-5-18(17)28;1-22(2,20(28)18-11-17(23)10-15-13-25-26-19(15)18)16-6-8-27(9-7-16)21(29)24-12-14-4-3-5-14/h4-6,9,12-15,17,22,31H,7-8,10-11H2,1-3H3,(H,27,29)(H,28,32);12-14,16,20,28H,3-11H2,1-2H3,(H,24,25);10-12,14,17-18,20,28-29H,3-9H2,1-2H3,(H,24,26)(H,25,30);10-11,13-14,16,20,28H,3-9,12H2,1-2H3,(H,24,29)(H,25,26)/t15-,22+;20-;17-,18-,20+;20-/m0101/s1. The van der Waals surface area contributed by atoms with E-state index in [0.29, 0.717) is 95.8 Å². The van der Waals surface area contributed by atoms with E-state index >= 15 is 0 Å². The second-order valence-electron chi connectivity index (χ2n) is 37.4. The Morgan fingerprint density at radius 3 is 1.14 bits per heavy atom. The number of aromatic amines is 4. The lowest BCUT2D eigenvalue weighted by Crippen LogP contribution is -2.52. The first-order chi connectivity index (χ1) is 58.0. The average Bonchev–Trinajstić information content (AvgIpc) is 1.43. The van der Waals surface area contributed by atoms with Crippen LogP contribution in [-0.4, -0.2) is 226 Å². The number of fused-ring (bicyclic) bond motifs is 4. The summed E-state index contributed by atoms with van der Waals surface area (Å²) in [5.74, 6) is 6.48. The number of H-pyrrole nitrogens is 4. The lowest BCUT2D eigenvalue weighted by molar-refractivity contribution is -0.0156. The van der Waals surface area contributed by atoms with Gasteiger partial charge >= 0.3 is 24.1 Å². The number of urea groups is 4. The van der Waals surface area contributed by atoms with Gasteiger partial charge in [0.05, 0.1) is 95.2 Å². The van der Waals surface area contributed by atoms with Crippen LogP contribution in [0, 0.1) is 51.2 Å². The highest BCUT2D eigenvalue weighted by Gasteiger charge is 2.46. The van der Waals surface area contributed by atoms with Crippen LogP contribution in [0.3, 0.4) is 0 Å². The number of aliphatic hydroxyl groups is 5. The molecule has 662 valence electrons. The van der Waals surface area contributed by atoms with Crippen molar-refractivity contribution in [3.8, 4) is 0 Å². The lowest BCUT2D eigenvalue weighted by Gasteiger charge is -2.44. The Morgan fingerprint density at radius 2 is 0.811 bits per heavy atom. The van der Waals surface area contributed by atoms with Crippen LogP contribution < -0.4 is 16.0 Å². The van der Waals surface area contributed by atoms with Gasteiger partial charge in [0.15, 0.2) is 0 Å². The third kappa shape index (κ3) is 20.9. The van der Waals surface area contributed by atoms with Crippen LogP contribution in [0.2, 0.25) is 20.1 Å². The molecule has 5 aliphatic heterocycles. The normalized spacial score (nSPS) is 20.7. The van der Waals surface area contributed by atoms with Crippen molar-refractivity contribution in [2.45, 2.75) is 195 Å². The summed E-state index contributed by atoms with van der Waals surface area (Å²) in [6, 6.07) is 20.0. The maximum Gasteiger partial charge on any atom is 0.320 e. The summed E-state index contributed by atoms with van der Waals surface area (Å²) in [5, 5.41) is 98.6. The topological polar surface area (TPSA) is 366 Å². The van der Waals surface area contributed by atoms with E-state index in [2.05, 4.69) is 123 Å². The number of pyridine rings is 1. The van der Waals surface area contributed by atoms with Gasteiger partial charge in [0.1, 0.15) is 0 Å². The predicted molar refractivity (Wildman–Crippen MR) is 483 cm³/mol. The smallest absolute Gasteiger partial charge is 0.320 e. The van der Waals surface area contributed by atoms with E-state index in [1.54, 1.807) is 35.9 Å². The number of halogens is 4. The van der Waals surface area contributed by atoms with Gasteiger partial charge in [-0.05, 0) is 218 Å². The summed E-state index contributed by atoms with van der Waals surface area (Å²) in [4.78, 5) is 64.3. The summed E-state index contributed by atoms with van der Waals surface area (Å²) in [6.07, 6.45) is 18.4. The summed E-state index contributed by atoms with van der Waals surface area (Å²) in [5.41, 5.74) is 5.64. The molecular formula is C90H123Cl4N17O10S. The van der Waals surface area contributed by atoms with E-state index in [1.807, 2.05) is 93.3 Å². The van der Waals surface area contributed by atoms with Gasteiger partial charge in [0.25, 0.3) is 0 Å². The third-order valence-electron chi connectivity index (χ3n) is 28.3. The van der Waals surface area contributed by atoms with Crippen molar-refractivity contribution < 1.29 is 48.9 Å². The number of nitrogens with one attached hydrogen (secondary N) is 7. The zero-order chi connectivity index (χ0) is 87.3. The van der Waals surface area contributed by atoms with Gasteiger partial charge in [-0.15, -0.1) is 0 Å². The number of hydrogen-bond donors (Lipinski definition) is 12. The maximum absolute atomic E-state index is 12.9. The van der Waals surface area contributed by atoms with Crippen LogP contribution in [0.4, 0.5) is 19.2 Å². The molecule has 2 saturated carbocycles. The number of aliphatic hydroxyl groups excluding tert-OH is 5. The second-order valence-corrected chi connectivity index (χ2v) is 41.9. The number of amides is 8. The minimum Gasteiger partial charge on any atom is -0.391 e. The summed E-state index contributed by atoms with van der Waals surface area (Å²) >= 11 is 25.1. The van der Waals surface area contributed by atoms with Crippen LogP contribution in [0.5, 0.6) is 0 Å². The molecule has 12 N–H and O–H groups in total. The molecule has 8 amide bonds. The van der Waals surface area contributed by atoms with Crippen LogP contribution in [0.25, 0.3) is 43.6 Å². The number of piperidine rings is 4. The molecule has 122 heavy (non-hydrogen) atoms. The van der Waals surface area contributed by atoms with Gasteiger partial charge in [0.2, 0.25) is 0 Å². The van der Waals surface area contributed by atoms with Crippen molar-refractivity contribution >= 4 is 130 Å². The zero-order valence-electron chi connectivity index (χ0n) is 71.6. The Bertz CT molecular complexity index is 5190. The maximum atomic E-state index is 12.9. The number of likely N-dealkylation sites (tertiary alicyclic amines) is 4. The predicted octanol–water partition coefficient (Wildman–Crippen LogP) is 16.1. The van der Waals surface area contributed by atoms with E-state index < -0.39 is 56.3 Å². The number of carbonyl (C=O) groups excluding carboxylic acids is 4. The van der Waals surface area contributed by atoms with Gasteiger partial charge in [0, 0.05) is 154 Å². The Balaban J connectivity index is 0.000000140. The molecule has 16 rings (SSSR count). The fraction of sp³-hybridized carbons (Fsp3) is 0.578. The van der Waals surface area contributed by atoms with E-state index in [-0.39, 0.29) is 59.4 Å². The fourth-order valence-electron chi connectivity index (χ4n) is 19.4. The summed E-state index contributed by atoms with van der Waals surface area (Å²) < 4.78 is 12.1. The number of hydrogen-bond acceptors (Lipinski definition) is 15. The summed E-state index contributed by atoms with van der Waals surface area (Å²) in [7, 11) is -2.02. The monoisotopic (exact) mass is 1770 g/mol. The number of benzene rings is 4. The Morgan fingerprint density at radius 1 is 0.475 bits per heavy atom. The molecule has 27 nitrogen and oxygen atoms in total. The van der Waals surface area contributed by atoms with Crippen LogP contribution >= 0.6 is 46.4 Å². The average molecular weight is 1780 g/mol. The quantitative estimate of drug-likeness (QED) is 0.0377.